The van der Waals surface area contributed by atoms with E-state index in [-0.39, 0.29) is 22.3 Å². The Morgan fingerprint density at radius 3 is 2.72 bits per heavy atom. The average Bonchev–Trinajstić information content (AvgIpc) is 3.15. The number of amides is 1. The summed E-state index contributed by atoms with van der Waals surface area (Å²) in [6, 6.07) is 12.0. The van der Waals surface area contributed by atoms with Crippen LogP contribution in [0.3, 0.4) is 0 Å². The Kier molecular flexibility index (Phi) is 4.53. The van der Waals surface area contributed by atoms with Gasteiger partial charge in [0.2, 0.25) is 0 Å². The molecule has 29 heavy (non-hydrogen) atoms. The van der Waals surface area contributed by atoms with Crippen LogP contribution in [0.15, 0.2) is 65.8 Å². The van der Waals surface area contributed by atoms with Crippen molar-refractivity contribution in [2.75, 3.05) is 5.43 Å². The van der Waals surface area contributed by atoms with Crippen LogP contribution in [0.4, 0.5) is 5.69 Å². The van der Waals surface area contributed by atoms with Gasteiger partial charge < -0.3 is 0 Å². The number of rotatable bonds is 4. The number of fused-ring (bicyclic) bond motifs is 1. The molecule has 0 saturated heterocycles. The standard InChI is InChI=1S/C18H11ClN6O4/c19-12-4-2-5-13(8-12)24-16-15(9-21-24)18(27)23(10-20-16)22-17(26)11-3-1-6-14(7-11)25(28)29/h1-10H,(H,22,26). The highest BCUT2D eigenvalue weighted by molar-refractivity contribution is 6.30. The van der Waals surface area contributed by atoms with Crippen molar-refractivity contribution in [2.24, 2.45) is 0 Å². The van der Waals surface area contributed by atoms with Crippen molar-refractivity contribution in [3.8, 4) is 5.69 Å². The summed E-state index contributed by atoms with van der Waals surface area (Å²) in [6.45, 7) is 0. The summed E-state index contributed by atoms with van der Waals surface area (Å²) < 4.78 is 2.35. The van der Waals surface area contributed by atoms with E-state index in [1.54, 1.807) is 24.3 Å². The number of non-ortho nitro benzene ring substituents is 1. The Balaban J connectivity index is 1.68. The molecule has 1 amide bonds. The molecule has 0 radical (unpaired) electrons. The molecular weight excluding hydrogens is 400 g/mol. The van der Waals surface area contributed by atoms with Crippen molar-refractivity contribution in [3.63, 3.8) is 0 Å². The lowest BCUT2D eigenvalue weighted by atomic mass is 10.2. The monoisotopic (exact) mass is 410 g/mol. The molecule has 4 aromatic rings. The fourth-order valence-electron chi connectivity index (χ4n) is 2.72. The van der Waals surface area contributed by atoms with Crippen molar-refractivity contribution in [3.05, 3.63) is 92.1 Å². The predicted octanol–water partition coefficient (Wildman–Crippen LogP) is 2.53. The third-order valence-corrected chi connectivity index (χ3v) is 4.32. The van der Waals surface area contributed by atoms with E-state index in [4.69, 9.17) is 11.6 Å². The first-order valence-corrected chi connectivity index (χ1v) is 8.59. The van der Waals surface area contributed by atoms with Gasteiger partial charge in [-0.3, -0.25) is 25.1 Å². The van der Waals surface area contributed by atoms with Crippen LogP contribution in [0.2, 0.25) is 5.02 Å². The van der Waals surface area contributed by atoms with E-state index in [0.29, 0.717) is 10.7 Å². The number of nitrogens with zero attached hydrogens (tertiary/aromatic N) is 5. The van der Waals surface area contributed by atoms with Gasteiger partial charge in [-0.2, -0.15) is 5.10 Å². The van der Waals surface area contributed by atoms with E-state index in [2.05, 4.69) is 15.5 Å². The van der Waals surface area contributed by atoms with Crippen LogP contribution in [0.25, 0.3) is 16.7 Å². The molecule has 144 valence electrons. The first-order valence-electron chi connectivity index (χ1n) is 8.21. The summed E-state index contributed by atoms with van der Waals surface area (Å²) in [5.74, 6) is -0.695. The molecule has 0 aliphatic heterocycles. The number of carbonyl (C=O) groups is 1. The van der Waals surface area contributed by atoms with Crippen molar-refractivity contribution in [1.29, 1.82) is 0 Å². The number of nitrogens with one attached hydrogen (secondary N) is 1. The maximum absolute atomic E-state index is 12.7. The molecule has 0 bridgehead atoms. The summed E-state index contributed by atoms with van der Waals surface area (Å²) in [5.41, 5.74) is 2.52. The average molecular weight is 411 g/mol. The molecule has 4 rings (SSSR count). The van der Waals surface area contributed by atoms with Crippen molar-refractivity contribution < 1.29 is 9.72 Å². The largest absolute Gasteiger partial charge is 0.283 e. The van der Waals surface area contributed by atoms with Crippen LogP contribution in [0, 0.1) is 10.1 Å². The van der Waals surface area contributed by atoms with Gasteiger partial charge in [0, 0.05) is 22.7 Å². The zero-order valence-corrected chi connectivity index (χ0v) is 15.3. The van der Waals surface area contributed by atoms with Gasteiger partial charge in [-0.05, 0) is 24.3 Å². The third kappa shape index (κ3) is 3.44. The molecule has 10 nitrogen and oxygen atoms in total. The quantitative estimate of drug-likeness (QED) is 0.407. The predicted molar refractivity (Wildman–Crippen MR) is 105 cm³/mol. The summed E-state index contributed by atoms with van der Waals surface area (Å²) in [5, 5.41) is 15.7. The highest BCUT2D eigenvalue weighted by Gasteiger charge is 2.15. The highest BCUT2D eigenvalue weighted by Crippen LogP contribution is 2.17. The molecule has 2 heterocycles. The topological polar surface area (TPSA) is 125 Å². The Hall–Kier alpha value is -4.05. The Morgan fingerprint density at radius 1 is 1.17 bits per heavy atom. The molecule has 0 saturated carbocycles. The first kappa shape index (κ1) is 18.3. The molecule has 0 atom stereocenters. The number of aromatic nitrogens is 4. The molecule has 2 aromatic heterocycles. The lowest BCUT2D eigenvalue weighted by Crippen LogP contribution is -2.33. The van der Waals surface area contributed by atoms with E-state index in [1.165, 1.54) is 29.1 Å². The van der Waals surface area contributed by atoms with Crippen LogP contribution < -0.4 is 11.0 Å². The second-order valence-corrected chi connectivity index (χ2v) is 6.38. The molecule has 2 aromatic carbocycles. The van der Waals surface area contributed by atoms with Gasteiger partial charge in [-0.1, -0.05) is 23.7 Å². The first-order chi connectivity index (χ1) is 13.9. The van der Waals surface area contributed by atoms with E-state index < -0.39 is 16.4 Å². The molecular formula is C18H11ClN6O4. The summed E-state index contributed by atoms with van der Waals surface area (Å²) in [6.07, 6.45) is 2.48. The molecule has 0 unspecified atom stereocenters. The third-order valence-electron chi connectivity index (χ3n) is 4.08. The molecule has 0 spiro atoms. The van der Waals surface area contributed by atoms with Crippen LogP contribution in [0.1, 0.15) is 10.4 Å². The number of hydrogen-bond acceptors (Lipinski definition) is 6. The van der Waals surface area contributed by atoms with Crippen molar-refractivity contribution >= 4 is 34.2 Å². The molecule has 0 aliphatic carbocycles. The Bertz CT molecular complexity index is 1330. The fourth-order valence-corrected chi connectivity index (χ4v) is 2.91. The zero-order chi connectivity index (χ0) is 20.5. The summed E-state index contributed by atoms with van der Waals surface area (Å²) >= 11 is 6.00. The molecule has 0 aliphatic rings. The normalized spacial score (nSPS) is 10.8. The molecule has 0 fully saturated rings. The minimum absolute atomic E-state index is 0.0285. The Morgan fingerprint density at radius 2 is 1.97 bits per heavy atom. The number of carbonyl (C=O) groups excluding carboxylic acids is 1. The van der Waals surface area contributed by atoms with Crippen molar-refractivity contribution in [1.82, 2.24) is 19.4 Å². The van der Waals surface area contributed by atoms with Crippen molar-refractivity contribution in [2.45, 2.75) is 0 Å². The van der Waals surface area contributed by atoms with E-state index in [1.807, 2.05) is 0 Å². The van der Waals surface area contributed by atoms with Gasteiger partial charge in [-0.15, -0.1) is 0 Å². The van der Waals surface area contributed by atoms with E-state index >= 15 is 0 Å². The van der Waals surface area contributed by atoms with E-state index in [0.717, 1.165) is 17.1 Å². The number of hydrogen-bond donors (Lipinski definition) is 1. The summed E-state index contributed by atoms with van der Waals surface area (Å²) in [4.78, 5) is 39.5. The second kappa shape index (κ2) is 7.17. The lowest BCUT2D eigenvalue weighted by Gasteiger charge is -2.08. The van der Waals surface area contributed by atoms with Crippen LogP contribution in [0.5, 0.6) is 0 Å². The van der Waals surface area contributed by atoms with Crippen LogP contribution in [-0.4, -0.2) is 30.3 Å². The minimum atomic E-state index is -0.695. The lowest BCUT2D eigenvalue weighted by molar-refractivity contribution is -0.384. The number of nitro groups is 1. The van der Waals surface area contributed by atoms with Crippen LogP contribution in [-0.2, 0) is 0 Å². The molecule has 11 heteroatoms. The molecule has 1 N–H and O–H groups in total. The second-order valence-electron chi connectivity index (χ2n) is 5.94. The van der Waals surface area contributed by atoms with Crippen LogP contribution >= 0.6 is 11.6 Å². The zero-order valence-electron chi connectivity index (χ0n) is 14.5. The number of nitro benzene ring substituents is 1. The smallest absolute Gasteiger partial charge is 0.267 e. The fraction of sp³-hybridized carbons (Fsp3) is 0. The van der Waals surface area contributed by atoms with E-state index in [9.17, 15) is 19.7 Å². The van der Waals surface area contributed by atoms with Gasteiger partial charge in [0.15, 0.2) is 5.65 Å². The summed E-state index contributed by atoms with van der Waals surface area (Å²) in [7, 11) is 0. The highest BCUT2D eigenvalue weighted by atomic mass is 35.5. The maximum atomic E-state index is 12.7. The van der Waals surface area contributed by atoms with Gasteiger partial charge in [0.25, 0.3) is 17.2 Å². The van der Waals surface area contributed by atoms with Gasteiger partial charge in [-0.25, -0.2) is 14.3 Å². The SMILES string of the molecule is O=C(Nn1cnc2c(cnn2-c2cccc(Cl)c2)c1=O)c1cccc([N+](=O)[O-])c1. The maximum Gasteiger partial charge on any atom is 0.283 e. The van der Waals surface area contributed by atoms with Gasteiger partial charge in [0.05, 0.1) is 16.8 Å². The number of halogens is 1. The van der Waals surface area contributed by atoms with Gasteiger partial charge >= 0.3 is 0 Å². The minimum Gasteiger partial charge on any atom is -0.267 e. The van der Waals surface area contributed by atoms with Gasteiger partial charge in [0.1, 0.15) is 11.7 Å². The number of benzene rings is 2. The Labute approximate surface area is 167 Å².